The van der Waals surface area contributed by atoms with Crippen LogP contribution in [0, 0.1) is 0 Å². The minimum atomic E-state index is -0.488. The molecule has 0 heterocycles. The molecule has 5 heteroatoms. The first kappa shape index (κ1) is 16.2. The van der Waals surface area contributed by atoms with Crippen molar-refractivity contribution in [3.8, 4) is 0 Å². The molecule has 0 spiro atoms. The molecule has 0 saturated heterocycles. The fourth-order valence-corrected chi connectivity index (χ4v) is 1.76. The maximum Gasteiger partial charge on any atom is 0.251 e. The molecular weight excluding hydrogens is 254 g/mol. The van der Waals surface area contributed by atoms with Crippen LogP contribution in [-0.4, -0.2) is 24.4 Å². The second kappa shape index (κ2) is 8.32. The van der Waals surface area contributed by atoms with E-state index in [0.717, 1.165) is 12.8 Å². The minimum absolute atomic E-state index is 0.120. The summed E-state index contributed by atoms with van der Waals surface area (Å²) in [7, 11) is 0. The molecule has 4 N–H and O–H groups in total. The Hall–Kier alpha value is -1.88. The van der Waals surface area contributed by atoms with Crippen LogP contribution in [0.1, 0.15) is 43.5 Å². The third kappa shape index (κ3) is 5.01. The maximum atomic E-state index is 11.8. The maximum absolute atomic E-state index is 11.8. The lowest BCUT2D eigenvalue weighted by atomic mass is 10.1. The second-order valence-corrected chi connectivity index (χ2v) is 4.67. The van der Waals surface area contributed by atoms with E-state index in [-0.39, 0.29) is 11.8 Å². The predicted molar refractivity (Wildman–Crippen MR) is 80.6 cm³/mol. The Labute approximate surface area is 119 Å². The van der Waals surface area contributed by atoms with Gasteiger partial charge in [-0.15, -0.1) is 0 Å². The van der Waals surface area contributed by atoms with Crippen LogP contribution in [0.25, 0.3) is 0 Å². The Morgan fingerprint density at radius 1 is 1.20 bits per heavy atom. The van der Waals surface area contributed by atoms with Crippen LogP contribution in [0.5, 0.6) is 0 Å². The van der Waals surface area contributed by atoms with Gasteiger partial charge in [0, 0.05) is 17.8 Å². The van der Waals surface area contributed by atoms with E-state index in [9.17, 15) is 9.59 Å². The average molecular weight is 277 g/mol. The first-order valence-electron chi connectivity index (χ1n) is 7.03. The van der Waals surface area contributed by atoms with Crippen LogP contribution in [0.4, 0.5) is 5.69 Å². The molecule has 1 aromatic rings. The van der Waals surface area contributed by atoms with E-state index >= 15 is 0 Å². The number of hydrogen-bond acceptors (Lipinski definition) is 3. The van der Waals surface area contributed by atoms with Crippen LogP contribution in [-0.2, 0) is 4.79 Å². The number of benzene rings is 1. The van der Waals surface area contributed by atoms with Gasteiger partial charge >= 0.3 is 0 Å². The summed E-state index contributed by atoms with van der Waals surface area (Å²) in [6, 6.07) is 6.28. The summed E-state index contributed by atoms with van der Waals surface area (Å²) in [4.78, 5) is 23.4. The van der Waals surface area contributed by atoms with E-state index in [4.69, 9.17) is 5.73 Å². The Morgan fingerprint density at radius 3 is 2.40 bits per heavy atom. The number of carbonyl (C=O) groups is 2. The van der Waals surface area contributed by atoms with Gasteiger partial charge in [-0.25, -0.2) is 0 Å². The lowest BCUT2D eigenvalue weighted by Gasteiger charge is -2.12. The monoisotopic (exact) mass is 277 g/mol. The van der Waals surface area contributed by atoms with Crippen molar-refractivity contribution in [3.63, 3.8) is 0 Å². The molecule has 1 atom stereocenters. The summed E-state index contributed by atoms with van der Waals surface area (Å²) in [5.74, 6) is -0.311. The smallest absolute Gasteiger partial charge is 0.251 e. The topological polar surface area (TPSA) is 84.2 Å². The molecule has 0 bridgehead atoms. The molecule has 0 fully saturated rings. The van der Waals surface area contributed by atoms with Gasteiger partial charge in [-0.3, -0.25) is 9.59 Å². The Kier molecular flexibility index (Phi) is 6.73. The largest absolute Gasteiger partial charge is 0.352 e. The number of rotatable bonds is 7. The van der Waals surface area contributed by atoms with Gasteiger partial charge in [-0.1, -0.05) is 19.8 Å². The van der Waals surface area contributed by atoms with Gasteiger partial charge in [0.15, 0.2) is 0 Å². The van der Waals surface area contributed by atoms with E-state index in [1.165, 1.54) is 0 Å². The Balaban J connectivity index is 2.56. The zero-order chi connectivity index (χ0) is 15.0. The lowest BCUT2D eigenvalue weighted by Crippen LogP contribution is -2.35. The average Bonchev–Trinajstić information content (AvgIpc) is 2.45. The summed E-state index contributed by atoms with van der Waals surface area (Å²) in [6.45, 7) is 4.51. The van der Waals surface area contributed by atoms with E-state index in [0.29, 0.717) is 24.2 Å². The summed E-state index contributed by atoms with van der Waals surface area (Å²) < 4.78 is 0. The lowest BCUT2D eigenvalue weighted by molar-refractivity contribution is -0.117. The predicted octanol–water partition coefficient (Wildman–Crippen LogP) is 1.89. The molecule has 1 unspecified atom stereocenters. The minimum Gasteiger partial charge on any atom is -0.352 e. The van der Waals surface area contributed by atoms with Gasteiger partial charge in [-0.05, 0) is 37.6 Å². The van der Waals surface area contributed by atoms with Crippen molar-refractivity contribution >= 4 is 17.5 Å². The fraction of sp³-hybridized carbons (Fsp3) is 0.467. The number of anilines is 1. The highest BCUT2D eigenvalue weighted by molar-refractivity contribution is 5.97. The van der Waals surface area contributed by atoms with Gasteiger partial charge in [-0.2, -0.15) is 0 Å². The van der Waals surface area contributed by atoms with E-state index < -0.39 is 6.04 Å². The zero-order valence-corrected chi connectivity index (χ0v) is 12.1. The Bertz CT molecular complexity index is 443. The van der Waals surface area contributed by atoms with Crippen LogP contribution < -0.4 is 16.4 Å². The van der Waals surface area contributed by atoms with Crippen molar-refractivity contribution < 1.29 is 9.59 Å². The standard InChI is InChI=1S/C15H23N3O2/c1-3-5-6-13(16)15(20)18-12-9-7-11(8-10-12)14(19)17-4-2/h7-10,13H,3-6,16H2,1-2H3,(H,17,19)(H,18,20). The first-order chi connectivity index (χ1) is 9.58. The summed E-state index contributed by atoms with van der Waals surface area (Å²) in [5.41, 5.74) is 7.01. The molecule has 0 aliphatic heterocycles. The van der Waals surface area contributed by atoms with Gasteiger partial charge in [0.05, 0.1) is 6.04 Å². The second-order valence-electron chi connectivity index (χ2n) is 4.67. The molecule has 1 rings (SSSR count). The third-order valence-corrected chi connectivity index (χ3v) is 2.96. The molecular formula is C15H23N3O2. The van der Waals surface area contributed by atoms with Crippen molar-refractivity contribution in [2.75, 3.05) is 11.9 Å². The molecule has 0 radical (unpaired) electrons. The van der Waals surface area contributed by atoms with Crippen molar-refractivity contribution in [1.82, 2.24) is 5.32 Å². The number of carbonyl (C=O) groups excluding carboxylic acids is 2. The molecule has 0 saturated carbocycles. The third-order valence-electron chi connectivity index (χ3n) is 2.96. The van der Waals surface area contributed by atoms with Gasteiger partial charge < -0.3 is 16.4 Å². The number of amides is 2. The van der Waals surface area contributed by atoms with Gasteiger partial charge in [0.1, 0.15) is 0 Å². The number of unbranched alkanes of at least 4 members (excludes halogenated alkanes) is 1. The molecule has 2 amide bonds. The molecule has 20 heavy (non-hydrogen) atoms. The first-order valence-corrected chi connectivity index (χ1v) is 7.03. The Morgan fingerprint density at radius 2 is 1.85 bits per heavy atom. The van der Waals surface area contributed by atoms with Gasteiger partial charge in [0.2, 0.25) is 5.91 Å². The molecule has 0 aliphatic carbocycles. The highest BCUT2D eigenvalue weighted by atomic mass is 16.2. The zero-order valence-electron chi connectivity index (χ0n) is 12.1. The summed E-state index contributed by atoms with van der Waals surface area (Å²) in [5, 5.41) is 5.47. The molecule has 0 aromatic heterocycles. The SMILES string of the molecule is CCCCC(N)C(=O)Nc1ccc(C(=O)NCC)cc1. The molecule has 1 aromatic carbocycles. The molecule has 0 aliphatic rings. The molecule has 5 nitrogen and oxygen atoms in total. The van der Waals surface area contributed by atoms with E-state index in [1.807, 2.05) is 6.92 Å². The van der Waals surface area contributed by atoms with Crippen LogP contribution in [0.3, 0.4) is 0 Å². The van der Waals surface area contributed by atoms with Crippen LogP contribution >= 0.6 is 0 Å². The highest BCUT2D eigenvalue weighted by Gasteiger charge is 2.13. The highest BCUT2D eigenvalue weighted by Crippen LogP contribution is 2.10. The van der Waals surface area contributed by atoms with Crippen molar-refractivity contribution in [2.45, 2.75) is 39.2 Å². The van der Waals surface area contributed by atoms with Crippen molar-refractivity contribution in [2.24, 2.45) is 5.73 Å². The number of nitrogens with one attached hydrogen (secondary N) is 2. The summed E-state index contributed by atoms with van der Waals surface area (Å²) >= 11 is 0. The number of nitrogens with two attached hydrogens (primary N) is 1. The van der Waals surface area contributed by atoms with E-state index in [2.05, 4.69) is 17.6 Å². The van der Waals surface area contributed by atoms with Crippen molar-refractivity contribution in [1.29, 1.82) is 0 Å². The normalized spacial score (nSPS) is 11.8. The fourth-order valence-electron chi connectivity index (χ4n) is 1.76. The summed E-state index contributed by atoms with van der Waals surface area (Å²) in [6.07, 6.45) is 2.63. The van der Waals surface area contributed by atoms with Crippen LogP contribution in [0.15, 0.2) is 24.3 Å². The van der Waals surface area contributed by atoms with Crippen molar-refractivity contribution in [3.05, 3.63) is 29.8 Å². The quantitative estimate of drug-likeness (QED) is 0.711. The van der Waals surface area contributed by atoms with Gasteiger partial charge in [0.25, 0.3) is 5.91 Å². The van der Waals surface area contributed by atoms with E-state index in [1.54, 1.807) is 24.3 Å². The van der Waals surface area contributed by atoms with Crippen LogP contribution in [0.2, 0.25) is 0 Å². The molecule has 110 valence electrons. The number of hydrogen-bond donors (Lipinski definition) is 3.